The van der Waals surface area contributed by atoms with Crippen LogP contribution in [0.3, 0.4) is 0 Å². The molecule has 0 saturated carbocycles. The summed E-state index contributed by atoms with van der Waals surface area (Å²) in [7, 11) is 0. The topological polar surface area (TPSA) is 194 Å². The molecule has 1 aliphatic heterocycles. The van der Waals surface area contributed by atoms with E-state index in [-0.39, 0.29) is 18.6 Å². The number of hydrogen-bond acceptors (Lipinski definition) is 9. The highest BCUT2D eigenvalue weighted by atomic mass is 16.7. The number of nitrogen functional groups attached to an aromatic ring is 1. The van der Waals surface area contributed by atoms with Crippen molar-refractivity contribution in [1.29, 1.82) is 5.41 Å². The molecule has 13 nitrogen and oxygen atoms in total. The SMILES string of the molecule is C#Cc1cc([C@H](Nc2ccc(C(=N)N)cc2)c2nn(-c3ncccn3)c(=O)[nH]2)cc2c1OCOC2.CC(=O)O. The highest BCUT2D eigenvalue weighted by Gasteiger charge is 2.25. The maximum Gasteiger partial charge on any atom is 0.350 e. The maximum atomic E-state index is 12.7. The Hall–Kier alpha value is -5.48. The number of carboxylic acid groups (broad SMARTS) is 1. The van der Waals surface area contributed by atoms with Crippen molar-refractivity contribution in [1.82, 2.24) is 24.7 Å². The van der Waals surface area contributed by atoms with Gasteiger partial charge in [-0.05, 0) is 48.0 Å². The third kappa shape index (κ3) is 6.27. The Morgan fingerprint density at radius 3 is 2.62 bits per heavy atom. The van der Waals surface area contributed by atoms with E-state index in [1.807, 2.05) is 12.1 Å². The Labute approximate surface area is 222 Å². The van der Waals surface area contributed by atoms with Crippen LogP contribution in [-0.4, -0.2) is 48.4 Å². The number of anilines is 1. The van der Waals surface area contributed by atoms with Crippen molar-refractivity contribution < 1.29 is 19.4 Å². The van der Waals surface area contributed by atoms with Crippen LogP contribution in [0.1, 0.15) is 41.0 Å². The van der Waals surface area contributed by atoms with Gasteiger partial charge in [0.2, 0.25) is 0 Å². The second-order valence-electron chi connectivity index (χ2n) is 8.18. The standard InChI is InChI=1S/C24H20N8O3.C2H4O2/c1-2-14-10-16(11-17-12-34-13-35-20(14)17)19(29-18-6-4-15(5-7-18)21(25)26)22-30-24(33)32(31-22)23-27-8-3-9-28-23;1-2(3)4/h1,3-11,19,29H,12-13H2,(H3,25,26)(H,30,31,33);1H3,(H,3,4)/t19-;/m0./s1. The lowest BCUT2D eigenvalue weighted by Gasteiger charge is -2.23. The molecule has 5 rings (SSSR count). The molecule has 2 aromatic heterocycles. The lowest BCUT2D eigenvalue weighted by Crippen LogP contribution is -2.18. The molecule has 6 N–H and O–H groups in total. The van der Waals surface area contributed by atoms with Crippen molar-refractivity contribution in [2.75, 3.05) is 12.1 Å². The zero-order chi connectivity index (χ0) is 27.9. The van der Waals surface area contributed by atoms with Gasteiger partial charge in [0, 0.05) is 36.1 Å². The quantitative estimate of drug-likeness (QED) is 0.140. The van der Waals surface area contributed by atoms with Crippen LogP contribution in [0, 0.1) is 17.8 Å². The summed E-state index contributed by atoms with van der Waals surface area (Å²) in [5.41, 5.74) is 8.46. The summed E-state index contributed by atoms with van der Waals surface area (Å²) in [6.45, 7) is 1.54. The van der Waals surface area contributed by atoms with Gasteiger partial charge in [0.1, 0.15) is 17.6 Å². The fourth-order valence-electron chi connectivity index (χ4n) is 3.75. The van der Waals surface area contributed by atoms with E-state index >= 15 is 0 Å². The van der Waals surface area contributed by atoms with E-state index in [9.17, 15) is 4.79 Å². The molecule has 0 aliphatic carbocycles. The summed E-state index contributed by atoms with van der Waals surface area (Å²) in [5, 5.41) is 22.9. The average Bonchev–Trinajstić information content (AvgIpc) is 3.32. The molecule has 2 aromatic carbocycles. The minimum Gasteiger partial charge on any atom is -0.481 e. The van der Waals surface area contributed by atoms with Gasteiger partial charge in [0.15, 0.2) is 12.6 Å². The Balaban J connectivity index is 0.000000826. The van der Waals surface area contributed by atoms with E-state index in [2.05, 4.69) is 31.3 Å². The summed E-state index contributed by atoms with van der Waals surface area (Å²) < 4.78 is 12.1. The molecule has 0 saturated heterocycles. The number of nitrogens with zero attached hydrogens (tertiary/aromatic N) is 4. The highest BCUT2D eigenvalue weighted by molar-refractivity contribution is 5.95. The number of carbonyl (C=O) groups is 1. The van der Waals surface area contributed by atoms with Crippen LogP contribution in [0.15, 0.2) is 59.7 Å². The lowest BCUT2D eigenvalue weighted by molar-refractivity contribution is -0.134. The van der Waals surface area contributed by atoms with E-state index in [0.717, 1.165) is 22.7 Å². The molecular weight excluding hydrogens is 504 g/mol. The number of H-pyrrole nitrogens is 1. The second-order valence-corrected chi connectivity index (χ2v) is 8.18. The predicted molar refractivity (Wildman–Crippen MR) is 141 cm³/mol. The molecule has 0 radical (unpaired) electrons. The molecule has 0 spiro atoms. The number of benzene rings is 2. The largest absolute Gasteiger partial charge is 0.481 e. The first-order chi connectivity index (χ1) is 18.8. The highest BCUT2D eigenvalue weighted by Crippen LogP contribution is 2.34. The number of terminal acetylenes is 1. The minimum absolute atomic E-state index is 0.0348. The molecule has 4 aromatic rings. The number of nitrogens with one attached hydrogen (secondary N) is 3. The van der Waals surface area contributed by atoms with Crippen LogP contribution in [0.4, 0.5) is 5.69 Å². The Kier molecular flexibility index (Phi) is 7.98. The molecule has 198 valence electrons. The Bertz CT molecular complexity index is 1590. The minimum atomic E-state index is -0.833. The van der Waals surface area contributed by atoms with Crippen molar-refractivity contribution in [3.8, 4) is 24.0 Å². The third-order valence-corrected chi connectivity index (χ3v) is 5.38. The number of aromatic nitrogens is 5. The van der Waals surface area contributed by atoms with E-state index in [0.29, 0.717) is 35.0 Å². The molecule has 3 heterocycles. The zero-order valence-electron chi connectivity index (χ0n) is 20.7. The fourth-order valence-corrected chi connectivity index (χ4v) is 3.75. The molecule has 1 atom stereocenters. The number of aliphatic carboxylic acids is 1. The van der Waals surface area contributed by atoms with Gasteiger partial charge < -0.3 is 25.6 Å². The summed E-state index contributed by atoms with van der Waals surface area (Å²) in [6, 6.07) is 11.8. The van der Waals surface area contributed by atoms with E-state index < -0.39 is 17.7 Å². The first-order valence-electron chi connectivity index (χ1n) is 11.5. The molecule has 0 amide bonds. The van der Waals surface area contributed by atoms with Crippen molar-refractivity contribution in [2.24, 2.45) is 5.73 Å². The van der Waals surface area contributed by atoms with Crippen molar-refractivity contribution in [2.45, 2.75) is 19.6 Å². The molecule has 0 fully saturated rings. The van der Waals surface area contributed by atoms with E-state index in [1.54, 1.807) is 30.3 Å². The van der Waals surface area contributed by atoms with Crippen LogP contribution in [0.25, 0.3) is 5.95 Å². The molecule has 13 heteroatoms. The van der Waals surface area contributed by atoms with Gasteiger partial charge in [-0.2, -0.15) is 0 Å². The van der Waals surface area contributed by atoms with Crippen LogP contribution in [0.5, 0.6) is 5.75 Å². The van der Waals surface area contributed by atoms with E-state index in [4.69, 9.17) is 36.9 Å². The van der Waals surface area contributed by atoms with Crippen LogP contribution in [-0.2, 0) is 16.1 Å². The van der Waals surface area contributed by atoms with Crippen LogP contribution >= 0.6 is 0 Å². The van der Waals surface area contributed by atoms with Gasteiger partial charge in [-0.1, -0.05) is 5.92 Å². The van der Waals surface area contributed by atoms with E-state index in [1.165, 1.54) is 12.4 Å². The summed E-state index contributed by atoms with van der Waals surface area (Å²) in [5.74, 6) is 2.86. The number of nitrogens with two attached hydrogens (primary N) is 1. The first kappa shape index (κ1) is 26.6. The molecule has 1 aliphatic rings. The fraction of sp³-hybridized carbons (Fsp3) is 0.154. The number of hydrogen-bond donors (Lipinski definition) is 5. The van der Waals surface area contributed by atoms with Gasteiger partial charge in [-0.3, -0.25) is 15.2 Å². The lowest BCUT2D eigenvalue weighted by atomic mass is 9.98. The Morgan fingerprint density at radius 1 is 1.28 bits per heavy atom. The Morgan fingerprint density at radius 2 is 1.97 bits per heavy atom. The number of aromatic amines is 1. The van der Waals surface area contributed by atoms with Crippen LogP contribution < -0.4 is 21.5 Å². The summed E-state index contributed by atoms with van der Waals surface area (Å²) in [6.07, 6.45) is 8.82. The summed E-state index contributed by atoms with van der Waals surface area (Å²) in [4.78, 5) is 32.7. The van der Waals surface area contributed by atoms with Gasteiger partial charge in [-0.25, -0.2) is 14.8 Å². The number of fused-ring (bicyclic) bond motifs is 1. The maximum absolute atomic E-state index is 12.7. The van der Waals surface area contributed by atoms with Crippen molar-refractivity contribution in [3.63, 3.8) is 0 Å². The average molecular weight is 529 g/mol. The summed E-state index contributed by atoms with van der Waals surface area (Å²) >= 11 is 0. The van der Waals surface area contributed by atoms with Gasteiger partial charge in [0.25, 0.3) is 11.9 Å². The number of amidine groups is 1. The first-order valence-corrected chi connectivity index (χ1v) is 11.5. The van der Waals surface area contributed by atoms with Crippen molar-refractivity contribution >= 4 is 17.5 Å². The van der Waals surface area contributed by atoms with Crippen molar-refractivity contribution in [3.05, 3.63) is 93.4 Å². The molecule has 0 unspecified atom stereocenters. The second kappa shape index (κ2) is 11.7. The third-order valence-electron chi connectivity index (χ3n) is 5.38. The smallest absolute Gasteiger partial charge is 0.350 e. The molecule has 0 bridgehead atoms. The monoisotopic (exact) mass is 528 g/mol. The predicted octanol–water partition coefficient (Wildman–Crippen LogP) is 1.77. The van der Waals surface area contributed by atoms with Gasteiger partial charge in [0.05, 0.1) is 12.2 Å². The normalized spacial score (nSPS) is 12.5. The van der Waals surface area contributed by atoms with Gasteiger partial charge in [-0.15, -0.1) is 16.2 Å². The molecule has 39 heavy (non-hydrogen) atoms. The van der Waals surface area contributed by atoms with Crippen LogP contribution in [0.2, 0.25) is 0 Å². The zero-order valence-corrected chi connectivity index (χ0v) is 20.7. The number of carboxylic acids is 1. The van der Waals surface area contributed by atoms with Gasteiger partial charge >= 0.3 is 5.69 Å². The number of rotatable bonds is 6. The molecular formula is C26H24N8O5. The number of ether oxygens (including phenoxy) is 2.